The summed E-state index contributed by atoms with van der Waals surface area (Å²) < 4.78 is 27.7. The highest BCUT2D eigenvalue weighted by Crippen LogP contribution is 2.34. The minimum atomic E-state index is -3.21. The molecule has 0 amide bonds. The first-order valence-electron chi connectivity index (χ1n) is 8.91. The van der Waals surface area contributed by atoms with Gasteiger partial charge in [-0.25, -0.2) is 13.1 Å². The minimum absolute atomic E-state index is 0.0116. The van der Waals surface area contributed by atoms with Crippen molar-refractivity contribution in [1.29, 1.82) is 0 Å². The molecule has 0 atom stereocenters. The second kappa shape index (κ2) is 7.07. The van der Waals surface area contributed by atoms with Crippen LogP contribution in [-0.2, 0) is 14.8 Å². The molecular formula is C16H28N2O4S. The third kappa shape index (κ3) is 4.67. The van der Waals surface area contributed by atoms with Crippen molar-refractivity contribution in [3.8, 4) is 0 Å². The summed E-state index contributed by atoms with van der Waals surface area (Å²) in [5.41, 5.74) is 0. The molecule has 3 saturated carbocycles. The fraction of sp³-hybridized carbons (Fsp3) is 0.938. The van der Waals surface area contributed by atoms with Gasteiger partial charge in [0, 0.05) is 18.6 Å². The van der Waals surface area contributed by atoms with E-state index < -0.39 is 16.0 Å². The number of hydrogen-bond acceptors (Lipinski definition) is 4. The number of aliphatic carboxylic acids is 1. The lowest BCUT2D eigenvalue weighted by atomic mass is 9.86. The summed E-state index contributed by atoms with van der Waals surface area (Å²) in [6, 6.07) is 0.202. The summed E-state index contributed by atoms with van der Waals surface area (Å²) in [5, 5.41) is 8.83. The summed E-state index contributed by atoms with van der Waals surface area (Å²) in [6.07, 6.45) is 8.58. The number of carboxylic acids is 1. The SMILES string of the molecule is O=C(O)CN(CC1CC1)C1CC(NS(=O)(=O)C2CCCCC2)C1. The summed E-state index contributed by atoms with van der Waals surface area (Å²) in [5.74, 6) is -0.149. The number of hydrogen-bond donors (Lipinski definition) is 2. The van der Waals surface area contributed by atoms with Crippen LogP contribution in [0.4, 0.5) is 0 Å². The Morgan fingerprint density at radius 1 is 1.09 bits per heavy atom. The molecule has 23 heavy (non-hydrogen) atoms. The maximum absolute atomic E-state index is 12.4. The Labute approximate surface area is 138 Å². The largest absolute Gasteiger partial charge is 0.480 e. The Balaban J connectivity index is 1.47. The van der Waals surface area contributed by atoms with Gasteiger partial charge in [-0.1, -0.05) is 19.3 Å². The van der Waals surface area contributed by atoms with Crippen molar-refractivity contribution in [2.75, 3.05) is 13.1 Å². The number of rotatable bonds is 8. The van der Waals surface area contributed by atoms with E-state index in [1.807, 2.05) is 4.90 Å². The van der Waals surface area contributed by atoms with Gasteiger partial charge in [-0.3, -0.25) is 9.69 Å². The number of nitrogens with zero attached hydrogens (tertiary/aromatic N) is 1. The van der Waals surface area contributed by atoms with Crippen molar-refractivity contribution >= 4 is 16.0 Å². The van der Waals surface area contributed by atoms with Crippen LogP contribution in [0.3, 0.4) is 0 Å². The molecular weight excluding hydrogens is 316 g/mol. The van der Waals surface area contributed by atoms with E-state index in [9.17, 15) is 13.2 Å². The van der Waals surface area contributed by atoms with Crippen LogP contribution in [0.25, 0.3) is 0 Å². The van der Waals surface area contributed by atoms with Crippen LogP contribution in [0.1, 0.15) is 57.8 Å². The second-order valence-electron chi connectivity index (χ2n) is 7.51. The van der Waals surface area contributed by atoms with Crippen molar-refractivity contribution in [3.05, 3.63) is 0 Å². The molecule has 0 bridgehead atoms. The number of carbonyl (C=O) groups is 1. The highest BCUT2D eigenvalue weighted by molar-refractivity contribution is 7.90. The first kappa shape index (κ1) is 17.2. The highest BCUT2D eigenvalue weighted by Gasteiger charge is 2.40. The van der Waals surface area contributed by atoms with Gasteiger partial charge in [0.25, 0.3) is 0 Å². The van der Waals surface area contributed by atoms with E-state index in [0.717, 1.165) is 51.5 Å². The zero-order valence-corrected chi connectivity index (χ0v) is 14.4. The van der Waals surface area contributed by atoms with E-state index in [0.29, 0.717) is 5.92 Å². The molecule has 0 radical (unpaired) electrons. The van der Waals surface area contributed by atoms with E-state index in [1.165, 1.54) is 12.8 Å². The zero-order chi connectivity index (χ0) is 16.4. The maximum Gasteiger partial charge on any atom is 0.317 e. The number of nitrogens with one attached hydrogen (secondary N) is 1. The molecule has 7 heteroatoms. The normalized spacial score (nSPS) is 29.4. The lowest BCUT2D eigenvalue weighted by Crippen LogP contribution is -2.56. The molecule has 132 valence electrons. The van der Waals surface area contributed by atoms with E-state index in [1.54, 1.807) is 0 Å². The van der Waals surface area contributed by atoms with Gasteiger partial charge < -0.3 is 5.11 Å². The van der Waals surface area contributed by atoms with Gasteiger partial charge >= 0.3 is 5.97 Å². The summed E-state index contributed by atoms with van der Waals surface area (Å²) in [4.78, 5) is 13.1. The molecule has 3 fully saturated rings. The summed E-state index contributed by atoms with van der Waals surface area (Å²) >= 11 is 0. The van der Waals surface area contributed by atoms with Crippen LogP contribution >= 0.6 is 0 Å². The van der Waals surface area contributed by atoms with Gasteiger partial charge in [0.05, 0.1) is 11.8 Å². The Morgan fingerprint density at radius 3 is 2.30 bits per heavy atom. The lowest BCUT2D eigenvalue weighted by Gasteiger charge is -2.43. The molecule has 0 aromatic heterocycles. The van der Waals surface area contributed by atoms with E-state index >= 15 is 0 Å². The van der Waals surface area contributed by atoms with Crippen molar-refractivity contribution in [2.45, 2.75) is 75.1 Å². The molecule has 0 aromatic carbocycles. The van der Waals surface area contributed by atoms with Crippen LogP contribution < -0.4 is 4.72 Å². The second-order valence-corrected chi connectivity index (χ2v) is 9.50. The van der Waals surface area contributed by atoms with Crippen LogP contribution in [0, 0.1) is 5.92 Å². The lowest BCUT2D eigenvalue weighted by molar-refractivity contribution is -0.139. The Kier molecular flexibility index (Phi) is 5.28. The predicted molar refractivity (Wildman–Crippen MR) is 87.7 cm³/mol. The zero-order valence-electron chi connectivity index (χ0n) is 13.6. The molecule has 3 rings (SSSR count). The first-order valence-corrected chi connectivity index (χ1v) is 10.5. The fourth-order valence-electron chi connectivity index (χ4n) is 3.83. The first-order chi connectivity index (χ1) is 10.9. The monoisotopic (exact) mass is 344 g/mol. The average molecular weight is 344 g/mol. The number of sulfonamides is 1. The van der Waals surface area contributed by atoms with Crippen molar-refractivity contribution in [3.63, 3.8) is 0 Å². The van der Waals surface area contributed by atoms with Crippen LogP contribution in [0.5, 0.6) is 0 Å². The van der Waals surface area contributed by atoms with Gasteiger partial charge in [0.1, 0.15) is 0 Å². The minimum Gasteiger partial charge on any atom is -0.480 e. The van der Waals surface area contributed by atoms with Gasteiger partial charge in [0.15, 0.2) is 0 Å². The molecule has 0 spiro atoms. The van der Waals surface area contributed by atoms with Crippen molar-refractivity contribution in [1.82, 2.24) is 9.62 Å². The molecule has 6 nitrogen and oxygen atoms in total. The third-order valence-corrected chi connectivity index (χ3v) is 7.49. The molecule has 3 aliphatic carbocycles. The molecule has 0 unspecified atom stereocenters. The number of carboxylic acid groups (broad SMARTS) is 1. The highest BCUT2D eigenvalue weighted by atomic mass is 32.2. The predicted octanol–water partition coefficient (Wildman–Crippen LogP) is 1.57. The van der Waals surface area contributed by atoms with E-state index in [-0.39, 0.29) is 23.9 Å². The Hall–Kier alpha value is -0.660. The smallest absolute Gasteiger partial charge is 0.317 e. The van der Waals surface area contributed by atoms with Crippen LogP contribution in [-0.4, -0.2) is 54.8 Å². The third-order valence-electron chi connectivity index (χ3n) is 5.48. The Morgan fingerprint density at radius 2 is 1.74 bits per heavy atom. The molecule has 0 saturated heterocycles. The van der Waals surface area contributed by atoms with E-state index in [4.69, 9.17) is 5.11 Å². The van der Waals surface area contributed by atoms with Gasteiger partial charge in [-0.2, -0.15) is 0 Å². The summed E-state index contributed by atoms with van der Waals surface area (Å²) in [6.45, 7) is 0.919. The summed E-state index contributed by atoms with van der Waals surface area (Å²) in [7, 11) is -3.21. The van der Waals surface area contributed by atoms with Gasteiger partial charge in [0.2, 0.25) is 10.0 Å². The maximum atomic E-state index is 12.4. The Bertz CT molecular complexity index is 520. The molecule has 3 aliphatic rings. The quantitative estimate of drug-likeness (QED) is 0.698. The van der Waals surface area contributed by atoms with Crippen LogP contribution in [0.2, 0.25) is 0 Å². The van der Waals surface area contributed by atoms with Crippen LogP contribution in [0.15, 0.2) is 0 Å². The standard InChI is InChI=1S/C16H28N2O4S/c19-16(20)11-18(10-12-6-7-12)14-8-13(9-14)17-23(21,22)15-4-2-1-3-5-15/h12-15,17H,1-11H2,(H,19,20). The fourth-order valence-corrected chi connectivity index (χ4v) is 5.64. The topological polar surface area (TPSA) is 86.7 Å². The average Bonchev–Trinajstić information content (AvgIpc) is 3.26. The van der Waals surface area contributed by atoms with Crippen molar-refractivity contribution < 1.29 is 18.3 Å². The van der Waals surface area contributed by atoms with Gasteiger partial charge in [-0.05, 0) is 44.4 Å². The molecule has 0 aromatic rings. The van der Waals surface area contributed by atoms with Crippen molar-refractivity contribution in [2.24, 2.45) is 5.92 Å². The molecule has 0 aliphatic heterocycles. The van der Waals surface area contributed by atoms with Gasteiger partial charge in [-0.15, -0.1) is 0 Å². The molecule has 2 N–H and O–H groups in total. The molecule has 0 heterocycles. The van der Waals surface area contributed by atoms with E-state index in [2.05, 4.69) is 4.72 Å².